The molecule has 1 atom stereocenters. The number of aromatic nitrogens is 3. The van der Waals surface area contributed by atoms with E-state index in [1.165, 1.54) is 0 Å². The first-order valence-corrected chi connectivity index (χ1v) is 6.84. The van der Waals surface area contributed by atoms with Crippen LogP contribution in [0.3, 0.4) is 0 Å². The molecular formula is C15H21N5. The van der Waals surface area contributed by atoms with Gasteiger partial charge in [-0.3, -0.25) is 4.98 Å². The lowest BCUT2D eigenvalue weighted by Crippen LogP contribution is -2.12. The van der Waals surface area contributed by atoms with Gasteiger partial charge in [0, 0.05) is 25.2 Å². The van der Waals surface area contributed by atoms with E-state index in [4.69, 9.17) is 0 Å². The van der Waals surface area contributed by atoms with Crippen LogP contribution in [0.2, 0.25) is 0 Å². The van der Waals surface area contributed by atoms with Crippen LogP contribution in [-0.2, 0) is 0 Å². The van der Waals surface area contributed by atoms with E-state index in [-0.39, 0.29) is 12.0 Å². The highest BCUT2D eigenvalue weighted by atomic mass is 15.1. The van der Waals surface area contributed by atoms with E-state index >= 15 is 0 Å². The Morgan fingerprint density at radius 2 is 1.80 bits per heavy atom. The molecule has 20 heavy (non-hydrogen) atoms. The molecule has 2 heterocycles. The normalized spacial score (nSPS) is 12.2. The van der Waals surface area contributed by atoms with Crippen molar-refractivity contribution in [3.63, 3.8) is 0 Å². The Morgan fingerprint density at radius 3 is 2.40 bits per heavy atom. The summed E-state index contributed by atoms with van der Waals surface area (Å²) in [6.07, 6.45) is 1.80. The topological polar surface area (TPSA) is 62.7 Å². The third kappa shape index (κ3) is 3.44. The molecule has 2 aromatic rings. The predicted octanol–water partition coefficient (Wildman–Crippen LogP) is 3.21. The van der Waals surface area contributed by atoms with Gasteiger partial charge in [-0.2, -0.15) is 0 Å². The SMILES string of the molecule is CNc1cc(NC(C)c2ccccn2)nc(C(C)C)n1. The van der Waals surface area contributed by atoms with E-state index in [1.54, 1.807) is 6.20 Å². The van der Waals surface area contributed by atoms with Crippen LogP contribution in [0.1, 0.15) is 44.2 Å². The lowest BCUT2D eigenvalue weighted by molar-refractivity contribution is 0.766. The van der Waals surface area contributed by atoms with Gasteiger partial charge in [-0.1, -0.05) is 19.9 Å². The van der Waals surface area contributed by atoms with Gasteiger partial charge in [0.2, 0.25) is 0 Å². The third-order valence-electron chi connectivity index (χ3n) is 3.01. The molecule has 0 aliphatic carbocycles. The van der Waals surface area contributed by atoms with Gasteiger partial charge in [0.05, 0.1) is 11.7 Å². The van der Waals surface area contributed by atoms with Crippen molar-refractivity contribution in [2.45, 2.75) is 32.7 Å². The minimum Gasteiger partial charge on any atom is -0.373 e. The second-order valence-electron chi connectivity index (χ2n) is 5.02. The first kappa shape index (κ1) is 14.2. The summed E-state index contributed by atoms with van der Waals surface area (Å²) in [6, 6.07) is 7.90. The van der Waals surface area contributed by atoms with E-state index in [9.17, 15) is 0 Å². The fourth-order valence-corrected chi connectivity index (χ4v) is 1.85. The molecule has 2 rings (SSSR count). The molecule has 5 heteroatoms. The minimum atomic E-state index is 0.0934. The molecule has 0 saturated carbocycles. The second kappa shape index (κ2) is 6.32. The molecule has 5 nitrogen and oxygen atoms in total. The molecule has 0 saturated heterocycles. The van der Waals surface area contributed by atoms with E-state index in [1.807, 2.05) is 31.3 Å². The zero-order chi connectivity index (χ0) is 14.5. The maximum atomic E-state index is 4.56. The Hall–Kier alpha value is -2.17. The van der Waals surface area contributed by atoms with Crippen LogP contribution >= 0.6 is 0 Å². The van der Waals surface area contributed by atoms with Crippen molar-refractivity contribution in [1.29, 1.82) is 0 Å². The number of pyridine rings is 1. The number of hydrogen-bond donors (Lipinski definition) is 2. The Bertz CT molecular complexity index is 553. The first-order valence-electron chi connectivity index (χ1n) is 6.84. The zero-order valence-electron chi connectivity index (χ0n) is 12.4. The summed E-state index contributed by atoms with van der Waals surface area (Å²) in [6.45, 7) is 6.24. The Kier molecular flexibility index (Phi) is 4.50. The number of nitrogens with one attached hydrogen (secondary N) is 2. The molecule has 0 spiro atoms. The molecule has 2 N–H and O–H groups in total. The summed E-state index contributed by atoms with van der Waals surface area (Å²) in [5.41, 5.74) is 0.989. The molecule has 106 valence electrons. The van der Waals surface area contributed by atoms with Crippen molar-refractivity contribution < 1.29 is 0 Å². The molecule has 0 radical (unpaired) electrons. The van der Waals surface area contributed by atoms with Gasteiger partial charge in [0.15, 0.2) is 0 Å². The molecule has 0 aliphatic rings. The number of anilines is 2. The largest absolute Gasteiger partial charge is 0.373 e. The smallest absolute Gasteiger partial charge is 0.135 e. The van der Waals surface area contributed by atoms with E-state index < -0.39 is 0 Å². The molecule has 0 aromatic carbocycles. The Labute approximate surface area is 119 Å². The number of rotatable bonds is 5. The van der Waals surface area contributed by atoms with Crippen molar-refractivity contribution in [2.24, 2.45) is 0 Å². The van der Waals surface area contributed by atoms with Gasteiger partial charge in [0.25, 0.3) is 0 Å². The van der Waals surface area contributed by atoms with Gasteiger partial charge in [0.1, 0.15) is 17.5 Å². The van der Waals surface area contributed by atoms with Gasteiger partial charge in [-0.15, -0.1) is 0 Å². The van der Waals surface area contributed by atoms with Crippen molar-refractivity contribution >= 4 is 11.6 Å². The highest BCUT2D eigenvalue weighted by Gasteiger charge is 2.11. The summed E-state index contributed by atoms with van der Waals surface area (Å²) >= 11 is 0. The minimum absolute atomic E-state index is 0.0934. The lowest BCUT2D eigenvalue weighted by atomic mass is 10.2. The molecule has 0 amide bonds. The highest BCUT2D eigenvalue weighted by molar-refractivity contribution is 5.48. The van der Waals surface area contributed by atoms with Gasteiger partial charge >= 0.3 is 0 Å². The van der Waals surface area contributed by atoms with E-state index in [0.29, 0.717) is 0 Å². The average Bonchev–Trinajstić information content (AvgIpc) is 2.47. The van der Waals surface area contributed by atoms with Crippen LogP contribution in [0.4, 0.5) is 11.6 Å². The molecular weight excluding hydrogens is 250 g/mol. The first-order chi connectivity index (χ1) is 9.60. The zero-order valence-corrected chi connectivity index (χ0v) is 12.4. The van der Waals surface area contributed by atoms with Crippen LogP contribution < -0.4 is 10.6 Å². The third-order valence-corrected chi connectivity index (χ3v) is 3.01. The van der Waals surface area contributed by atoms with E-state index in [0.717, 1.165) is 23.2 Å². The summed E-state index contributed by atoms with van der Waals surface area (Å²) < 4.78 is 0. The standard InChI is InChI=1S/C15H21N5/c1-10(2)15-19-13(16-4)9-14(20-15)18-11(3)12-7-5-6-8-17-12/h5-11H,1-4H3,(H2,16,18,19,20). The van der Waals surface area contributed by atoms with Crippen molar-refractivity contribution in [3.05, 3.63) is 42.0 Å². The van der Waals surface area contributed by atoms with Crippen LogP contribution in [0, 0.1) is 0 Å². The van der Waals surface area contributed by atoms with Crippen LogP contribution in [0.15, 0.2) is 30.5 Å². The Balaban J connectivity index is 2.22. The molecule has 0 bridgehead atoms. The number of nitrogens with zero attached hydrogens (tertiary/aromatic N) is 3. The fourth-order valence-electron chi connectivity index (χ4n) is 1.85. The predicted molar refractivity (Wildman–Crippen MR) is 81.9 cm³/mol. The molecule has 0 fully saturated rings. The molecule has 0 aliphatic heterocycles. The quantitative estimate of drug-likeness (QED) is 0.874. The summed E-state index contributed by atoms with van der Waals surface area (Å²) in [7, 11) is 1.86. The maximum Gasteiger partial charge on any atom is 0.135 e. The van der Waals surface area contributed by atoms with Gasteiger partial charge in [-0.25, -0.2) is 9.97 Å². The van der Waals surface area contributed by atoms with Crippen LogP contribution in [0.25, 0.3) is 0 Å². The van der Waals surface area contributed by atoms with Crippen molar-refractivity contribution in [3.8, 4) is 0 Å². The van der Waals surface area contributed by atoms with Gasteiger partial charge < -0.3 is 10.6 Å². The summed E-state index contributed by atoms with van der Waals surface area (Å²) in [5.74, 6) is 2.74. The monoisotopic (exact) mass is 271 g/mol. The highest BCUT2D eigenvalue weighted by Crippen LogP contribution is 2.20. The maximum absolute atomic E-state index is 4.56. The summed E-state index contributed by atoms with van der Waals surface area (Å²) in [5, 5.41) is 6.44. The van der Waals surface area contributed by atoms with Gasteiger partial charge in [-0.05, 0) is 19.1 Å². The Morgan fingerprint density at radius 1 is 1.05 bits per heavy atom. The summed E-state index contributed by atoms with van der Waals surface area (Å²) in [4.78, 5) is 13.4. The van der Waals surface area contributed by atoms with E-state index in [2.05, 4.69) is 46.4 Å². The second-order valence-corrected chi connectivity index (χ2v) is 5.02. The average molecular weight is 271 g/mol. The van der Waals surface area contributed by atoms with Crippen molar-refractivity contribution in [2.75, 3.05) is 17.7 Å². The van der Waals surface area contributed by atoms with Crippen LogP contribution in [0.5, 0.6) is 0 Å². The molecule has 2 aromatic heterocycles. The fraction of sp³-hybridized carbons (Fsp3) is 0.400. The molecule has 1 unspecified atom stereocenters. The number of hydrogen-bond acceptors (Lipinski definition) is 5. The van der Waals surface area contributed by atoms with Crippen LogP contribution in [-0.4, -0.2) is 22.0 Å². The lowest BCUT2D eigenvalue weighted by Gasteiger charge is -2.16. The van der Waals surface area contributed by atoms with Crippen molar-refractivity contribution in [1.82, 2.24) is 15.0 Å².